The number of benzene rings is 2. The smallest absolute Gasteiger partial charge is 0.312 e. The van der Waals surface area contributed by atoms with E-state index in [1.54, 1.807) is 29.2 Å². The fraction of sp³-hybridized carbons (Fsp3) is 0.348. The third-order valence-corrected chi connectivity index (χ3v) is 5.15. The lowest BCUT2D eigenvalue weighted by molar-refractivity contribution is -0.151. The summed E-state index contributed by atoms with van der Waals surface area (Å²) in [6, 6.07) is 14.7. The molecule has 0 bridgehead atoms. The number of carbonyl (C=O) groups excluding carboxylic acids is 3. The Balaban J connectivity index is 1.71. The second-order valence-corrected chi connectivity index (χ2v) is 7.21. The maximum absolute atomic E-state index is 12.7. The molecule has 2 atom stereocenters. The van der Waals surface area contributed by atoms with Crippen molar-refractivity contribution in [3.63, 3.8) is 0 Å². The molecule has 0 aliphatic carbocycles. The van der Waals surface area contributed by atoms with E-state index in [2.05, 4.69) is 0 Å². The molecule has 2 aromatic carbocycles. The second-order valence-electron chi connectivity index (χ2n) is 7.21. The molecule has 28 heavy (non-hydrogen) atoms. The lowest BCUT2D eigenvalue weighted by Gasteiger charge is -2.22. The number of Topliss-reactive ketones (excluding diaryl/α,β-unsaturated/α-hetero) is 1. The van der Waals surface area contributed by atoms with Crippen LogP contribution in [0.2, 0.25) is 0 Å². The Kier molecular flexibility index (Phi) is 5.93. The van der Waals surface area contributed by atoms with Crippen LogP contribution in [0, 0.1) is 19.8 Å². The van der Waals surface area contributed by atoms with Crippen molar-refractivity contribution < 1.29 is 19.1 Å². The van der Waals surface area contributed by atoms with Crippen LogP contribution in [0.3, 0.4) is 0 Å². The highest BCUT2D eigenvalue weighted by molar-refractivity contribution is 6.02. The fourth-order valence-corrected chi connectivity index (χ4v) is 3.66. The topological polar surface area (TPSA) is 63.7 Å². The van der Waals surface area contributed by atoms with E-state index >= 15 is 0 Å². The summed E-state index contributed by atoms with van der Waals surface area (Å²) in [7, 11) is 0. The summed E-state index contributed by atoms with van der Waals surface area (Å²) in [5, 5.41) is 0. The fourth-order valence-electron chi connectivity index (χ4n) is 3.66. The molecule has 0 unspecified atom stereocenters. The van der Waals surface area contributed by atoms with Gasteiger partial charge in [-0.2, -0.15) is 0 Å². The van der Waals surface area contributed by atoms with E-state index in [0.29, 0.717) is 12.0 Å². The predicted octanol–water partition coefficient (Wildman–Crippen LogP) is 3.86. The number of para-hydroxylation sites is 1. The van der Waals surface area contributed by atoms with Crippen molar-refractivity contribution in [1.82, 2.24) is 0 Å². The molecule has 0 aromatic heterocycles. The van der Waals surface area contributed by atoms with Gasteiger partial charge in [-0.15, -0.1) is 0 Å². The average Bonchev–Trinajstić information content (AvgIpc) is 3.07. The minimum Gasteiger partial charge on any atom is -0.454 e. The van der Waals surface area contributed by atoms with Gasteiger partial charge >= 0.3 is 5.97 Å². The lowest BCUT2D eigenvalue weighted by atomic mass is 10.0. The van der Waals surface area contributed by atoms with E-state index in [1.807, 2.05) is 45.0 Å². The normalized spacial score (nSPS) is 17.5. The molecule has 1 fully saturated rings. The quantitative estimate of drug-likeness (QED) is 0.565. The molecular weight excluding hydrogens is 354 g/mol. The molecule has 1 aliphatic heterocycles. The molecule has 0 radical (unpaired) electrons. The van der Waals surface area contributed by atoms with Crippen molar-refractivity contribution in [2.75, 3.05) is 11.4 Å². The van der Waals surface area contributed by atoms with Crippen LogP contribution < -0.4 is 4.90 Å². The number of aryl methyl sites for hydroxylation is 2. The monoisotopic (exact) mass is 379 g/mol. The van der Waals surface area contributed by atoms with Crippen LogP contribution in [0.1, 0.15) is 41.3 Å². The summed E-state index contributed by atoms with van der Waals surface area (Å²) in [5.74, 6) is -1.36. The number of anilines is 1. The van der Waals surface area contributed by atoms with Crippen molar-refractivity contribution in [1.29, 1.82) is 0 Å². The molecule has 146 valence electrons. The van der Waals surface area contributed by atoms with E-state index in [0.717, 1.165) is 16.8 Å². The number of ether oxygens (including phenoxy) is 1. The summed E-state index contributed by atoms with van der Waals surface area (Å²) >= 11 is 0. The third kappa shape index (κ3) is 3.98. The molecule has 1 saturated heterocycles. The van der Waals surface area contributed by atoms with Crippen LogP contribution in [0.15, 0.2) is 48.5 Å². The van der Waals surface area contributed by atoms with Gasteiger partial charge in [-0.3, -0.25) is 14.4 Å². The summed E-state index contributed by atoms with van der Waals surface area (Å²) in [6.07, 6.45) is -0.345. The van der Waals surface area contributed by atoms with Crippen LogP contribution in [0.25, 0.3) is 0 Å². The van der Waals surface area contributed by atoms with Crippen LogP contribution >= 0.6 is 0 Å². The van der Waals surface area contributed by atoms with Gasteiger partial charge in [0.2, 0.25) is 11.7 Å². The van der Waals surface area contributed by atoms with Gasteiger partial charge in [0.25, 0.3) is 0 Å². The molecule has 0 saturated carbocycles. The zero-order valence-electron chi connectivity index (χ0n) is 16.5. The zero-order valence-corrected chi connectivity index (χ0v) is 16.5. The van der Waals surface area contributed by atoms with Crippen molar-refractivity contribution in [2.24, 2.45) is 5.92 Å². The van der Waals surface area contributed by atoms with Crippen LogP contribution in [-0.4, -0.2) is 30.3 Å². The van der Waals surface area contributed by atoms with Gasteiger partial charge in [-0.05, 0) is 31.4 Å². The van der Waals surface area contributed by atoms with Gasteiger partial charge < -0.3 is 9.64 Å². The Bertz CT molecular complexity index is 870. The number of ketones is 1. The van der Waals surface area contributed by atoms with Crippen LogP contribution in [-0.2, 0) is 14.3 Å². The van der Waals surface area contributed by atoms with Gasteiger partial charge in [0.05, 0.1) is 5.92 Å². The molecule has 3 rings (SSSR count). The highest BCUT2D eigenvalue weighted by Crippen LogP contribution is 2.31. The van der Waals surface area contributed by atoms with E-state index in [4.69, 9.17) is 4.74 Å². The molecule has 5 nitrogen and oxygen atoms in total. The first-order valence-electron chi connectivity index (χ1n) is 9.58. The average molecular weight is 379 g/mol. The van der Waals surface area contributed by atoms with Crippen LogP contribution in [0.4, 0.5) is 5.69 Å². The minimum atomic E-state index is -0.834. The van der Waals surface area contributed by atoms with E-state index in [-0.39, 0.29) is 24.7 Å². The standard InChI is InChI=1S/C23H25NO4/c1-4-19(22(26)17-11-6-5-7-12-17)28-23(27)18-13-20(25)24(14-18)21-15(2)9-8-10-16(21)3/h5-12,18-19H,4,13-14H2,1-3H3/t18-,19+/m0/s1. The number of nitrogens with zero attached hydrogens (tertiary/aromatic N) is 1. The highest BCUT2D eigenvalue weighted by atomic mass is 16.5. The van der Waals surface area contributed by atoms with Gasteiger partial charge in [-0.1, -0.05) is 55.5 Å². The molecule has 5 heteroatoms. The van der Waals surface area contributed by atoms with Crippen molar-refractivity contribution in [3.05, 3.63) is 65.2 Å². The Hall–Kier alpha value is -2.95. The first kappa shape index (κ1) is 19.8. The molecule has 2 aromatic rings. The second kappa shape index (κ2) is 8.38. The van der Waals surface area contributed by atoms with Crippen molar-refractivity contribution in [2.45, 2.75) is 39.7 Å². The summed E-state index contributed by atoms with van der Waals surface area (Å²) in [6.45, 7) is 5.99. The Morgan fingerprint density at radius 1 is 1.07 bits per heavy atom. The van der Waals surface area contributed by atoms with E-state index in [9.17, 15) is 14.4 Å². The molecular formula is C23H25NO4. The van der Waals surface area contributed by atoms with E-state index in [1.165, 1.54) is 0 Å². The van der Waals surface area contributed by atoms with Gasteiger partial charge in [0.1, 0.15) is 0 Å². The largest absolute Gasteiger partial charge is 0.454 e. The molecule has 0 N–H and O–H groups in total. The lowest BCUT2D eigenvalue weighted by Crippen LogP contribution is -2.32. The number of amides is 1. The van der Waals surface area contributed by atoms with Crippen molar-refractivity contribution >= 4 is 23.3 Å². The number of rotatable bonds is 6. The summed E-state index contributed by atoms with van der Waals surface area (Å²) in [4.78, 5) is 39.5. The number of hydrogen-bond donors (Lipinski definition) is 0. The summed E-state index contributed by atoms with van der Waals surface area (Å²) < 4.78 is 5.53. The SMILES string of the molecule is CC[C@@H](OC(=O)[C@H]1CC(=O)N(c2c(C)cccc2C)C1)C(=O)c1ccccc1. The van der Waals surface area contributed by atoms with E-state index < -0.39 is 18.0 Å². The zero-order chi connectivity index (χ0) is 20.3. The van der Waals surface area contributed by atoms with Gasteiger partial charge in [-0.25, -0.2) is 0 Å². The Morgan fingerprint density at radius 3 is 2.32 bits per heavy atom. The predicted molar refractivity (Wildman–Crippen MR) is 107 cm³/mol. The first-order valence-corrected chi connectivity index (χ1v) is 9.58. The minimum absolute atomic E-state index is 0.0956. The number of esters is 1. The first-order chi connectivity index (χ1) is 13.4. The maximum atomic E-state index is 12.7. The molecule has 1 amide bonds. The molecule has 1 heterocycles. The Labute approximate surface area is 165 Å². The van der Waals surface area contributed by atoms with Crippen LogP contribution in [0.5, 0.6) is 0 Å². The molecule has 0 spiro atoms. The Morgan fingerprint density at radius 2 is 1.71 bits per heavy atom. The summed E-state index contributed by atoms with van der Waals surface area (Å²) in [5.41, 5.74) is 3.36. The molecule has 1 aliphatic rings. The number of hydrogen-bond acceptors (Lipinski definition) is 4. The number of carbonyl (C=O) groups is 3. The van der Waals surface area contributed by atoms with Gasteiger partial charge in [0.15, 0.2) is 6.10 Å². The third-order valence-electron chi connectivity index (χ3n) is 5.15. The van der Waals surface area contributed by atoms with Gasteiger partial charge in [0, 0.05) is 24.2 Å². The highest BCUT2D eigenvalue weighted by Gasteiger charge is 2.38. The maximum Gasteiger partial charge on any atom is 0.312 e. The van der Waals surface area contributed by atoms with Crippen molar-refractivity contribution in [3.8, 4) is 0 Å².